The highest BCUT2D eigenvalue weighted by atomic mass is 14.9. The van der Waals surface area contributed by atoms with E-state index < -0.39 is 0 Å². The SMILES string of the molecule is CNC1=CC=C(C23CC4C(C)C5CC2(C3)C45)C2CCC=CC12. The third-order valence-electron chi connectivity index (χ3n) is 9.00. The molecule has 22 heavy (non-hydrogen) atoms. The van der Waals surface area contributed by atoms with Gasteiger partial charge in [-0.15, -0.1) is 0 Å². The van der Waals surface area contributed by atoms with Crippen LogP contribution in [0.1, 0.15) is 39.0 Å². The molecule has 0 aromatic rings. The fourth-order valence-electron chi connectivity index (χ4n) is 8.05. The molecule has 1 spiro atoms. The Hall–Kier alpha value is -0.980. The summed E-state index contributed by atoms with van der Waals surface area (Å²) in [5.41, 5.74) is 4.75. The zero-order valence-corrected chi connectivity index (χ0v) is 13.8. The van der Waals surface area contributed by atoms with Gasteiger partial charge in [-0.3, -0.25) is 0 Å². The third-order valence-corrected chi connectivity index (χ3v) is 9.00. The molecule has 1 N–H and O–H groups in total. The molecular weight excluding hydrogens is 266 g/mol. The fourth-order valence-corrected chi connectivity index (χ4v) is 8.05. The lowest BCUT2D eigenvalue weighted by atomic mass is 9.43. The lowest BCUT2D eigenvalue weighted by Crippen LogP contribution is -2.56. The zero-order valence-electron chi connectivity index (χ0n) is 13.8. The Morgan fingerprint density at radius 2 is 2.05 bits per heavy atom. The number of allylic oxidation sites excluding steroid dienone is 5. The topological polar surface area (TPSA) is 12.0 Å². The maximum Gasteiger partial charge on any atom is 0.0232 e. The molecule has 6 aliphatic carbocycles. The van der Waals surface area contributed by atoms with Crippen LogP contribution in [-0.2, 0) is 0 Å². The van der Waals surface area contributed by atoms with Gasteiger partial charge in [0.15, 0.2) is 0 Å². The fraction of sp³-hybridized carbons (Fsp3) is 0.714. The van der Waals surface area contributed by atoms with Crippen LogP contribution in [0.3, 0.4) is 0 Å². The highest BCUT2D eigenvalue weighted by Crippen LogP contribution is 2.94. The van der Waals surface area contributed by atoms with Crippen molar-refractivity contribution in [2.75, 3.05) is 7.05 Å². The first-order chi connectivity index (χ1) is 10.7. The first-order valence-electron chi connectivity index (χ1n) is 9.48. The summed E-state index contributed by atoms with van der Waals surface area (Å²) in [4.78, 5) is 0. The smallest absolute Gasteiger partial charge is 0.0232 e. The van der Waals surface area contributed by atoms with Crippen LogP contribution in [0.15, 0.2) is 35.6 Å². The van der Waals surface area contributed by atoms with Gasteiger partial charge in [-0.25, -0.2) is 0 Å². The van der Waals surface area contributed by atoms with E-state index in [1.807, 2.05) is 5.57 Å². The number of hydrogen-bond acceptors (Lipinski definition) is 1. The highest BCUT2D eigenvalue weighted by Gasteiger charge is 2.88. The van der Waals surface area contributed by atoms with Crippen molar-refractivity contribution in [3.8, 4) is 0 Å². The van der Waals surface area contributed by atoms with E-state index >= 15 is 0 Å². The number of rotatable bonds is 2. The minimum atomic E-state index is 0.636. The van der Waals surface area contributed by atoms with Gasteiger partial charge in [-0.05, 0) is 78.6 Å². The molecule has 0 aromatic carbocycles. The molecule has 8 unspecified atom stereocenters. The van der Waals surface area contributed by atoms with Crippen LogP contribution >= 0.6 is 0 Å². The van der Waals surface area contributed by atoms with Crippen molar-refractivity contribution in [1.29, 1.82) is 0 Å². The summed E-state index contributed by atoms with van der Waals surface area (Å²) < 4.78 is 0. The molecule has 0 aliphatic heterocycles. The molecule has 0 amide bonds. The first-order valence-corrected chi connectivity index (χ1v) is 9.48. The van der Waals surface area contributed by atoms with Crippen molar-refractivity contribution in [2.45, 2.75) is 39.0 Å². The Balaban J connectivity index is 1.43. The zero-order chi connectivity index (χ0) is 14.7. The molecule has 1 nitrogen and oxygen atoms in total. The van der Waals surface area contributed by atoms with Crippen LogP contribution < -0.4 is 5.32 Å². The third kappa shape index (κ3) is 1.07. The molecule has 6 aliphatic rings. The molecule has 116 valence electrons. The average molecular weight is 293 g/mol. The van der Waals surface area contributed by atoms with Crippen molar-refractivity contribution in [1.82, 2.24) is 5.32 Å². The van der Waals surface area contributed by atoms with Crippen molar-refractivity contribution < 1.29 is 0 Å². The molecular formula is C21H27N. The lowest BCUT2D eigenvalue weighted by molar-refractivity contribution is -0.133. The largest absolute Gasteiger partial charge is 0.391 e. The minimum Gasteiger partial charge on any atom is -0.391 e. The van der Waals surface area contributed by atoms with Crippen LogP contribution in [-0.4, -0.2) is 7.05 Å². The van der Waals surface area contributed by atoms with E-state index in [2.05, 4.69) is 43.6 Å². The van der Waals surface area contributed by atoms with Crippen molar-refractivity contribution in [2.24, 2.45) is 46.3 Å². The molecule has 0 bridgehead atoms. The Kier molecular flexibility index (Phi) is 2.02. The molecule has 6 rings (SSSR count). The van der Waals surface area contributed by atoms with Gasteiger partial charge in [0, 0.05) is 18.7 Å². The predicted molar refractivity (Wildman–Crippen MR) is 88.9 cm³/mol. The summed E-state index contributed by atoms with van der Waals surface area (Å²) in [5, 5.41) is 3.46. The van der Waals surface area contributed by atoms with E-state index in [1.165, 1.54) is 25.0 Å². The Morgan fingerprint density at radius 1 is 1.18 bits per heavy atom. The summed E-state index contributed by atoms with van der Waals surface area (Å²) in [5.74, 6) is 5.80. The molecule has 4 saturated carbocycles. The second-order valence-corrected chi connectivity index (χ2v) is 9.17. The summed E-state index contributed by atoms with van der Waals surface area (Å²) in [6.07, 6.45) is 17.2. The number of hydrogen-bond donors (Lipinski definition) is 1. The van der Waals surface area contributed by atoms with Gasteiger partial charge >= 0.3 is 0 Å². The second kappa shape index (κ2) is 3.57. The van der Waals surface area contributed by atoms with Gasteiger partial charge in [0.2, 0.25) is 0 Å². The monoisotopic (exact) mass is 293 g/mol. The molecule has 0 radical (unpaired) electrons. The van der Waals surface area contributed by atoms with Gasteiger partial charge in [-0.1, -0.05) is 30.7 Å². The van der Waals surface area contributed by atoms with E-state index in [0.29, 0.717) is 11.3 Å². The molecule has 8 atom stereocenters. The summed E-state index contributed by atoms with van der Waals surface area (Å²) >= 11 is 0. The molecule has 1 heteroatoms. The molecule has 0 saturated heterocycles. The van der Waals surface area contributed by atoms with Gasteiger partial charge in [0.05, 0.1) is 0 Å². The maximum absolute atomic E-state index is 3.46. The summed E-state index contributed by atoms with van der Waals surface area (Å²) in [6, 6.07) is 0. The predicted octanol–water partition coefficient (Wildman–Crippen LogP) is 4.29. The van der Waals surface area contributed by atoms with Gasteiger partial charge in [0.25, 0.3) is 0 Å². The van der Waals surface area contributed by atoms with E-state index in [1.54, 1.807) is 12.8 Å². The quantitative estimate of drug-likeness (QED) is 0.749. The minimum absolute atomic E-state index is 0.636. The normalized spacial score (nSPS) is 59.2. The van der Waals surface area contributed by atoms with E-state index in [0.717, 1.165) is 35.0 Å². The van der Waals surface area contributed by atoms with Crippen LogP contribution in [0.4, 0.5) is 0 Å². The van der Waals surface area contributed by atoms with Crippen molar-refractivity contribution >= 4 is 0 Å². The Bertz CT molecular complexity index is 655. The van der Waals surface area contributed by atoms with Gasteiger partial charge < -0.3 is 5.32 Å². The Morgan fingerprint density at radius 3 is 2.86 bits per heavy atom. The lowest BCUT2D eigenvalue weighted by Gasteiger charge is -2.61. The van der Waals surface area contributed by atoms with Crippen LogP contribution in [0, 0.1) is 46.3 Å². The number of nitrogens with one attached hydrogen (secondary N) is 1. The van der Waals surface area contributed by atoms with Crippen LogP contribution in [0.2, 0.25) is 0 Å². The van der Waals surface area contributed by atoms with E-state index in [-0.39, 0.29) is 0 Å². The molecule has 0 aromatic heterocycles. The van der Waals surface area contributed by atoms with E-state index in [4.69, 9.17) is 0 Å². The standard InChI is InChI=1S/C21H27N/c1-12-15-9-20(11-21(20)10-16(12)19(15)21)17-7-8-18(22-2)14-6-4-3-5-13(14)17/h4,6-8,12-16,19,22H,3,5,9-11H2,1-2H3. The average Bonchev–Trinajstić information content (AvgIpc) is 3.19. The first kappa shape index (κ1) is 12.4. The van der Waals surface area contributed by atoms with Gasteiger partial charge in [-0.2, -0.15) is 0 Å². The molecule has 4 fully saturated rings. The number of fused-ring (bicyclic) bond motifs is 1. The second-order valence-electron chi connectivity index (χ2n) is 9.17. The molecule has 0 heterocycles. The Labute approximate surface area is 133 Å². The van der Waals surface area contributed by atoms with Crippen molar-refractivity contribution in [3.05, 3.63) is 35.6 Å². The maximum atomic E-state index is 3.46. The highest BCUT2D eigenvalue weighted by molar-refractivity contribution is 5.48. The summed E-state index contributed by atoms with van der Waals surface area (Å²) in [6.45, 7) is 2.54. The summed E-state index contributed by atoms with van der Waals surface area (Å²) in [7, 11) is 2.09. The van der Waals surface area contributed by atoms with E-state index in [9.17, 15) is 0 Å². The van der Waals surface area contributed by atoms with Crippen LogP contribution in [0.5, 0.6) is 0 Å². The van der Waals surface area contributed by atoms with Gasteiger partial charge in [0.1, 0.15) is 0 Å². The van der Waals surface area contributed by atoms with Crippen LogP contribution in [0.25, 0.3) is 0 Å². The van der Waals surface area contributed by atoms with Crippen molar-refractivity contribution in [3.63, 3.8) is 0 Å².